The van der Waals surface area contributed by atoms with Gasteiger partial charge >= 0.3 is 0 Å². The van der Waals surface area contributed by atoms with Crippen LogP contribution in [0.25, 0.3) is 0 Å². The Morgan fingerprint density at radius 1 is 1.71 bits per heavy atom. The largest absolute Gasteiger partial charge is 0.328 e. The van der Waals surface area contributed by atoms with Gasteiger partial charge in [0.1, 0.15) is 0 Å². The molecule has 2 N–H and O–H groups in total. The number of nitrogens with one attached hydrogen (secondary N) is 2. The minimum Gasteiger partial charge on any atom is -0.328 e. The maximum Gasteiger partial charge on any atom is 0.172 e. The van der Waals surface area contributed by atoms with Gasteiger partial charge in [-0.2, -0.15) is 0 Å². The highest BCUT2D eigenvalue weighted by Gasteiger charge is 1.96. The Morgan fingerprint density at radius 3 is 2.86 bits per heavy atom. The molecular formula is C4H6N2O. The summed E-state index contributed by atoms with van der Waals surface area (Å²) in [5.74, 6) is 0.110. The fourth-order valence-electron chi connectivity index (χ4n) is 0.391. The number of hydrogen-bond donors (Lipinski definition) is 2. The van der Waals surface area contributed by atoms with E-state index in [4.69, 9.17) is 0 Å². The number of rotatable bonds is 0. The molecule has 0 aliphatic carbocycles. The van der Waals surface area contributed by atoms with Crippen molar-refractivity contribution in [2.24, 2.45) is 0 Å². The van der Waals surface area contributed by atoms with Gasteiger partial charge in [-0.3, -0.25) is 4.79 Å². The molecule has 0 radical (unpaired) electrons. The molecule has 0 fully saturated rings. The summed E-state index contributed by atoms with van der Waals surface area (Å²) in [5.41, 5.74) is 5.31. The van der Waals surface area contributed by atoms with E-state index in [1.54, 1.807) is 6.20 Å². The van der Waals surface area contributed by atoms with Gasteiger partial charge < -0.3 is 5.43 Å². The van der Waals surface area contributed by atoms with Crippen LogP contribution in [0.15, 0.2) is 12.3 Å². The summed E-state index contributed by atoms with van der Waals surface area (Å²) in [6, 6.07) is 0. The van der Waals surface area contributed by atoms with Crippen molar-refractivity contribution >= 4 is 5.78 Å². The quantitative estimate of drug-likeness (QED) is 0.416. The molecule has 38 valence electrons. The maximum absolute atomic E-state index is 10.3. The number of hydrazine groups is 1. The monoisotopic (exact) mass is 98.0 g/mol. The van der Waals surface area contributed by atoms with E-state index in [1.165, 1.54) is 6.08 Å². The van der Waals surface area contributed by atoms with Crippen molar-refractivity contribution in [2.45, 2.75) is 0 Å². The van der Waals surface area contributed by atoms with Crippen LogP contribution >= 0.6 is 0 Å². The van der Waals surface area contributed by atoms with E-state index in [1.807, 2.05) is 0 Å². The minimum absolute atomic E-state index is 0.110. The summed E-state index contributed by atoms with van der Waals surface area (Å²) in [4.78, 5) is 10.3. The number of carbonyl (C=O) groups is 1. The summed E-state index contributed by atoms with van der Waals surface area (Å²) in [7, 11) is 0. The number of ketones is 1. The molecule has 0 bridgehead atoms. The molecule has 0 aromatic heterocycles. The lowest BCUT2D eigenvalue weighted by atomic mass is 10.4. The summed E-state index contributed by atoms with van der Waals surface area (Å²) < 4.78 is 0. The highest BCUT2D eigenvalue weighted by atomic mass is 16.1. The molecule has 0 spiro atoms. The third-order valence-electron chi connectivity index (χ3n) is 0.717. The molecule has 7 heavy (non-hydrogen) atoms. The molecule has 1 aliphatic heterocycles. The molecule has 3 heteroatoms. The fourth-order valence-corrected chi connectivity index (χ4v) is 0.391. The van der Waals surface area contributed by atoms with Gasteiger partial charge in [-0.15, -0.1) is 0 Å². The van der Waals surface area contributed by atoms with Crippen LogP contribution < -0.4 is 10.9 Å². The lowest BCUT2D eigenvalue weighted by Crippen LogP contribution is -2.35. The highest BCUT2D eigenvalue weighted by molar-refractivity contribution is 5.91. The SMILES string of the molecule is O=C1C=CNNC1. The van der Waals surface area contributed by atoms with E-state index >= 15 is 0 Å². The first-order chi connectivity index (χ1) is 3.39. The summed E-state index contributed by atoms with van der Waals surface area (Å²) in [6.07, 6.45) is 3.07. The average Bonchev–Trinajstić information content (AvgIpc) is 1.69. The molecule has 0 amide bonds. The molecular weight excluding hydrogens is 92.1 g/mol. The summed E-state index contributed by atoms with van der Waals surface area (Å²) >= 11 is 0. The molecule has 1 rings (SSSR count). The van der Waals surface area contributed by atoms with Crippen LogP contribution in [-0.4, -0.2) is 12.3 Å². The third-order valence-corrected chi connectivity index (χ3v) is 0.717. The van der Waals surface area contributed by atoms with Gasteiger partial charge in [0.2, 0.25) is 0 Å². The van der Waals surface area contributed by atoms with Crippen LogP contribution in [0.5, 0.6) is 0 Å². The van der Waals surface area contributed by atoms with Crippen LogP contribution in [0, 0.1) is 0 Å². The third kappa shape index (κ3) is 1.01. The molecule has 0 saturated carbocycles. The predicted molar refractivity (Wildman–Crippen MR) is 25.3 cm³/mol. The van der Waals surface area contributed by atoms with E-state index < -0.39 is 0 Å². The van der Waals surface area contributed by atoms with Crippen LogP contribution in [0.4, 0.5) is 0 Å². The van der Waals surface area contributed by atoms with Gasteiger partial charge in [0, 0.05) is 6.20 Å². The number of carbonyl (C=O) groups excluding carboxylic acids is 1. The smallest absolute Gasteiger partial charge is 0.172 e. The van der Waals surface area contributed by atoms with Crippen LogP contribution in [0.1, 0.15) is 0 Å². The van der Waals surface area contributed by atoms with E-state index in [-0.39, 0.29) is 5.78 Å². The van der Waals surface area contributed by atoms with Crippen molar-refractivity contribution in [3.8, 4) is 0 Å². The second-order valence-corrected chi connectivity index (χ2v) is 1.30. The Morgan fingerprint density at radius 2 is 2.57 bits per heavy atom. The molecule has 1 heterocycles. The Balaban J connectivity index is 2.51. The van der Waals surface area contributed by atoms with Crippen LogP contribution in [0.3, 0.4) is 0 Å². The second-order valence-electron chi connectivity index (χ2n) is 1.30. The van der Waals surface area contributed by atoms with Crippen LogP contribution in [-0.2, 0) is 4.79 Å². The summed E-state index contributed by atoms with van der Waals surface area (Å²) in [5, 5.41) is 0. The average molecular weight is 98.1 g/mol. The maximum atomic E-state index is 10.3. The Kier molecular flexibility index (Phi) is 1.08. The van der Waals surface area contributed by atoms with E-state index in [2.05, 4.69) is 10.9 Å². The van der Waals surface area contributed by atoms with Gasteiger partial charge in [0.15, 0.2) is 5.78 Å². The zero-order valence-electron chi connectivity index (χ0n) is 3.77. The standard InChI is InChI=1S/C4H6N2O/c7-4-1-2-5-6-3-4/h1-2,5-6H,3H2. The molecule has 0 unspecified atom stereocenters. The van der Waals surface area contributed by atoms with Crippen LogP contribution in [0.2, 0.25) is 0 Å². The molecule has 0 aromatic rings. The highest BCUT2D eigenvalue weighted by Crippen LogP contribution is 1.75. The topological polar surface area (TPSA) is 41.1 Å². The Bertz CT molecular complexity index is 108. The van der Waals surface area contributed by atoms with Crippen molar-refractivity contribution in [1.29, 1.82) is 0 Å². The number of hydrogen-bond acceptors (Lipinski definition) is 3. The normalized spacial score (nSPS) is 19.1. The lowest BCUT2D eigenvalue weighted by molar-refractivity contribution is -0.114. The lowest BCUT2D eigenvalue weighted by Gasteiger charge is -2.04. The molecule has 1 aliphatic rings. The van der Waals surface area contributed by atoms with E-state index in [9.17, 15) is 4.79 Å². The van der Waals surface area contributed by atoms with E-state index in [0.29, 0.717) is 6.54 Å². The first kappa shape index (κ1) is 4.33. The van der Waals surface area contributed by atoms with Gasteiger partial charge in [0.25, 0.3) is 0 Å². The molecule has 0 aromatic carbocycles. The fraction of sp³-hybridized carbons (Fsp3) is 0.250. The molecule has 0 saturated heterocycles. The summed E-state index contributed by atoms with van der Waals surface area (Å²) in [6.45, 7) is 0.399. The van der Waals surface area contributed by atoms with Crippen molar-refractivity contribution in [3.05, 3.63) is 12.3 Å². The van der Waals surface area contributed by atoms with Gasteiger partial charge in [-0.05, 0) is 6.08 Å². The molecule has 0 atom stereocenters. The Labute approximate surface area is 41.4 Å². The predicted octanol–water partition coefficient (Wildman–Crippen LogP) is -0.823. The minimum atomic E-state index is 0.110. The van der Waals surface area contributed by atoms with E-state index in [0.717, 1.165) is 0 Å². The van der Waals surface area contributed by atoms with Crippen molar-refractivity contribution in [2.75, 3.05) is 6.54 Å². The zero-order valence-corrected chi connectivity index (χ0v) is 3.77. The first-order valence-electron chi connectivity index (χ1n) is 2.07. The zero-order chi connectivity index (χ0) is 5.11. The van der Waals surface area contributed by atoms with Crippen molar-refractivity contribution < 1.29 is 4.79 Å². The van der Waals surface area contributed by atoms with Gasteiger partial charge in [-0.1, -0.05) is 0 Å². The first-order valence-corrected chi connectivity index (χ1v) is 2.07. The van der Waals surface area contributed by atoms with Crippen molar-refractivity contribution in [3.63, 3.8) is 0 Å². The van der Waals surface area contributed by atoms with Crippen molar-refractivity contribution in [1.82, 2.24) is 10.9 Å². The van der Waals surface area contributed by atoms with Gasteiger partial charge in [-0.25, -0.2) is 5.43 Å². The van der Waals surface area contributed by atoms with Gasteiger partial charge in [0.05, 0.1) is 6.54 Å². The second kappa shape index (κ2) is 1.75. The molecule has 3 nitrogen and oxygen atoms in total. The Hall–Kier alpha value is -0.830.